The van der Waals surface area contributed by atoms with Crippen molar-refractivity contribution in [3.63, 3.8) is 0 Å². The molecule has 0 aromatic heterocycles. The summed E-state index contributed by atoms with van der Waals surface area (Å²) in [5.41, 5.74) is 10.2. The molecule has 0 unspecified atom stereocenters. The average Bonchev–Trinajstić information content (AvgIpc) is 2.07. The van der Waals surface area contributed by atoms with Crippen LogP contribution in [0, 0.1) is 19.3 Å². The zero-order chi connectivity index (χ0) is 10.9. The minimum absolute atomic E-state index is 0.113. The van der Waals surface area contributed by atoms with E-state index in [2.05, 4.69) is 52.8 Å². The van der Waals surface area contributed by atoms with Crippen LogP contribution in [0.25, 0.3) is 0 Å². The van der Waals surface area contributed by atoms with Crippen LogP contribution in [0.1, 0.15) is 43.5 Å². The van der Waals surface area contributed by atoms with Crippen LogP contribution in [0.5, 0.6) is 0 Å². The van der Waals surface area contributed by atoms with E-state index in [9.17, 15) is 0 Å². The molecule has 1 aromatic carbocycles. The summed E-state index contributed by atoms with van der Waals surface area (Å²) >= 11 is 0. The number of hydrogen-bond acceptors (Lipinski definition) is 1. The zero-order valence-electron chi connectivity index (χ0n) is 9.89. The molecule has 0 aliphatic rings. The molecule has 1 atom stereocenters. The van der Waals surface area contributed by atoms with Crippen LogP contribution in [-0.2, 0) is 0 Å². The second-order valence-electron chi connectivity index (χ2n) is 5.19. The smallest absolute Gasteiger partial charge is 0.0344 e. The third-order valence-corrected chi connectivity index (χ3v) is 2.82. The Morgan fingerprint density at radius 1 is 1.07 bits per heavy atom. The van der Waals surface area contributed by atoms with Crippen LogP contribution in [0.15, 0.2) is 18.2 Å². The molecule has 1 rings (SSSR count). The SMILES string of the molecule is Cc1ccc([C@@H](N)C(C)(C)C)cc1C. The van der Waals surface area contributed by atoms with Crippen LogP contribution >= 0.6 is 0 Å². The molecule has 0 saturated heterocycles. The van der Waals surface area contributed by atoms with Crippen LogP contribution in [0.2, 0.25) is 0 Å². The van der Waals surface area contributed by atoms with Gasteiger partial charge in [-0.3, -0.25) is 0 Å². The number of nitrogens with two attached hydrogens (primary N) is 1. The number of benzene rings is 1. The van der Waals surface area contributed by atoms with Crippen molar-refractivity contribution in [2.75, 3.05) is 0 Å². The second-order valence-corrected chi connectivity index (χ2v) is 5.19. The maximum Gasteiger partial charge on any atom is 0.0344 e. The van der Waals surface area contributed by atoms with Gasteiger partial charge in [0.25, 0.3) is 0 Å². The maximum absolute atomic E-state index is 6.19. The summed E-state index contributed by atoms with van der Waals surface area (Å²) in [7, 11) is 0. The van der Waals surface area contributed by atoms with Crippen molar-refractivity contribution in [2.24, 2.45) is 11.1 Å². The molecule has 0 aliphatic heterocycles. The minimum Gasteiger partial charge on any atom is -0.324 e. The summed E-state index contributed by atoms with van der Waals surface area (Å²) in [6.07, 6.45) is 0. The molecular formula is C13H21N. The van der Waals surface area contributed by atoms with Gasteiger partial charge in [-0.25, -0.2) is 0 Å². The molecule has 1 heteroatoms. The van der Waals surface area contributed by atoms with Crippen molar-refractivity contribution in [3.05, 3.63) is 34.9 Å². The van der Waals surface area contributed by atoms with Crippen molar-refractivity contribution >= 4 is 0 Å². The summed E-state index contributed by atoms with van der Waals surface area (Å²) in [6.45, 7) is 10.8. The Bertz CT molecular complexity index is 320. The van der Waals surface area contributed by atoms with E-state index in [1.54, 1.807) is 0 Å². The van der Waals surface area contributed by atoms with E-state index in [1.165, 1.54) is 16.7 Å². The fourth-order valence-corrected chi connectivity index (χ4v) is 1.46. The lowest BCUT2D eigenvalue weighted by molar-refractivity contribution is 0.327. The Hall–Kier alpha value is -0.820. The third kappa shape index (κ3) is 2.36. The molecule has 0 heterocycles. The highest BCUT2D eigenvalue weighted by Gasteiger charge is 2.22. The number of aryl methyl sites for hydroxylation is 2. The van der Waals surface area contributed by atoms with Gasteiger partial charge in [0.1, 0.15) is 0 Å². The van der Waals surface area contributed by atoms with Gasteiger partial charge in [-0.2, -0.15) is 0 Å². The minimum atomic E-state index is 0.113. The first-order chi connectivity index (χ1) is 6.32. The fraction of sp³-hybridized carbons (Fsp3) is 0.538. The summed E-state index contributed by atoms with van der Waals surface area (Å²) in [5.74, 6) is 0. The summed E-state index contributed by atoms with van der Waals surface area (Å²) in [5, 5.41) is 0. The van der Waals surface area contributed by atoms with Crippen molar-refractivity contribution in [2.45, 2.75) is 40.7 Å². The third-order valence-electron chi connectivity index (χ3n) is 2.82. The van der Waals surface area contributed by atoms with Crippen molar-refractivity contribution in [1.82, 2.24) is 0 Å². The molecule has 14 heavy (non-hydrogen) atoms. The Morgan fingerprint density at radius 3 is 2.07 bits per heavy atom. The van der Waals surface area contributed by atoms with Crippen LogP contribution < -0.4 is 5.73 Å². The predicted octanol–water partition coefficient (Wildman–Crippen LogP) is 3.35. The molecule has 0 radical (unpaired) electrons. The quantitative estimate of drug-likeness (QED) is 0.723. The van der Waals surface area contributed by atoms with Gasteiger partial charge < -0.3 is 5.73 Å². The Labute approximate surface area is 87.3 Å². The van der Waals surface area contributed by atoms with Gasteiger partial charge in [0, 0.05) is 6.04 Å². The lowest BCUT2D eigenvalue weighted by Crippen LogP contribution is -2.26. The normalized spacial score (nSPS) is 14.1. The highest BCUT2D eigenvalue weighted by molar-refractivity contribution is 5.32. The molecule has 2 N–H and O–H groups in total. The second kappa shape index (κ2) is 3.74. The van der Waals surface area contributed by atoms with Crippen molar-refractivity contribution in [1.29, 1.82) is 0 Å². The average molecular weight is 191 g/mol. The first-order valence-electron chi connectivity index (χ1n) is 5.15. The Morgan fingerprint density at radius 2 is 1.64 bits per heavy atom. The van der Waals surface area contributed by atoms with Crippen molar-refractivity contribution in [3.8, 4) is 0 Å². The highest BCUT2D eigenvalue weighted by Crippen LogP contribution is 2.30. The van der Waals surface area contributed by atoms with Gasteiger partial charge in [0.2, 0.25) is 0 Å². The molecule has 0 aliphatic carbocycles. The standard InChI is InChI=1S/C13H21N/c1-9-6-7-11(8-10(9)2)12(14)13(3,4)5/h6-8,12H,14H2,1-5H3/t12-/m1/s1. The van der Waals surface area contributed by atoms with E-state index >= 15 is 0 Å². The molecule has 1 aromatic rings. The summed E-state index contributed by atoms with van der Waals surface area (Å²) < 4.78 is 0. The van der Waals surface area contributed by atoms with Crippen LogP contribution in [0.3, 0.4) is 0 Å². The van der Waals surface area contributed by atoms with E-state index in [-0.39, 0.29) is 11.5 Å². The molecule has 0 fully saturated rings. The number of hydrogen-bond donors (Lipinski definition) is 1. The van der Waals surface area contributed by atoms with E-state index in [0.29, 0.717) is 0 Å². The molecule has 0 spiro atoms. The molecule has 0 bridgehead atoms. The van der Waals surface area contributed by atoms with Gasteiger partial charge in [-0.15, -0.1) is 0 Å². The molecule has 78 valence electrons. The fourth-order valence-electron chi connectivity index (χ4n) is 1.46. The monoisotopic (exact) mass is 191 g/mol. The van der Waals surface area contributed by atoms with Gasteiger partial charge in [-0.05, 0) is 36.0 Å². The Balaban J connectivity index is 3.03. The summed E-state index contributed by atoms with van der Waals surface area (Å²) in [6, 6.07) is 6.60. The van der Waals surface area contributed by atoms with Crippen molar-refractivity contribution < 1.29 is 0 Å². The first kappa shape index (κ1) is 11.3. The van der Waals surface area contributed by atoms with Gasteiger partial charge in [0.15, 0.2) is 0 Å². The topological polar surface area (TPSA) is 26.0 Å². The van der Waals surface area contributed by atoms with E-state index in [1.807, 2.05) is 0 Å². The lowest BCUT2D eigenvalue weighted by atomic mass is 9.82. The maximum atomic E-state index is 6.19. The molecule has 0 saturated carbocycles. The highest BCUT2D eigenvalue weighted by atomic mass is 14.7. The van der Waals surface area contributed by atoms with Gasteiger partial charge in [0.05, 0.1) is 0 Å². The lowest BCUT2D eigenvalue weighted by Gasteiger charge is -2.27. The van der Waals surface area contributed by atoms with E-state index < -0.39 is 0 Å². The zero-order valence-corrected chi connectivity index (χ0v) is 9.89. The van der Waals surface area contributed by atoms with E-state index in [0.717, 1.165) is 0 Å². The van der Waals surface area contributed by atoms with Crippen LogP contribution in [0.4, 0.5) is 0 Å². The number of rotatable bonds is 1. The van der Waals surface area contributed by atoms with Gasteiger partial charge in [-0.1, -0.05) is 39.0 Å². The molecule has 1 nitrogen and oxygen atoms in total. The van der Waals surface area contributed by atoms with E-state index in [4.69, 9.17) is 5.73 Å². The predicted molar refractivity (Wildman–Crippen MR) is 62.3 cm³/mol. The summed E-state index contributed by atoms with van der Waals surface area (Å²) in [4.78, 5) is 0. The molecular weight excluding hydrogens is 170 g/mol. The largest absolute Gasteiger partial charge is 0.324 e. The Kier molecular flexibility index (Phi) is 3.01. The first-order valence-corrected chi connectivity index (χ1v) is 5.15. The van der Waals surface area contributed by atoms with Crippen LogP contribution in [-0.4, -0.2) is 0 Å². The van der Waals surface area contributed by atoms with Gasteiger partial charge >= 0.3 is 0 Å². The molecule has 0 amide bonds.